The van der Waals surface area contributed by atoms with Crippen LogP contribution in [0.25, 0.3) is 0 Å². The molecule has 0 saturated carbocycles. The smallest absolute Gasteiger partial charge is 0.355 e. The molecule has 0 saturated heterocycles. The van der Waals surface area contributed by atoms with Crippen LogP contribution in [0.1, 0.15) is 25.7 Å². The number of nitrogens with one attached hydrogen (secondary N) is 1. The molecule has 0 amide bonds. The summed E-state index contributed by atoms with van der Waals surface area (Å²) < 4.78 is 0. The molecule has 2 aliphatic carbocycles. The molecule has 0 aromatic rings. The molecular formula is C13H17N3O2. The molecule has 96 valence electrons. The molecule has 0 bridgehead atoms. The zero-order chi connectivity index (χ0) is 13.1. The Morgan fingerprint density at radius 2 is 2.06 bits per heavy atom. The van der Waals surface area contributed by atoms with Crippen LogP contribution in [0.2, 0.25) is 0 Å². The van der Waals surface area contributed by atoms with Gasteiger partial charge in [0.2, 0.25) is 0 Å². The number of nitrogens with two attached hydrogens (primary N) is 2. The quantitative estimate of drug-likeness (QED) is 0.339. The van der Waals surface area contributed by atoms with Gasteiger partial charge < -0.3 is 16.3 Å². The zero-order valence-electron chi connectivity index (χ0n) is 10.1. The molecular weight excluding hydrogens is 230 g/mol. The van der Waals surface area contributed by atoms with E-state index in [2.05, 4.69) is 17.6 Å². The highest BCUT2D eigenvalue weighted by Crippen LogP contribution is 2.32. The first-order chi connectivity index (χ1) is 8.63. The zero-order valence-corrected chi connectivity index (χ0v) is 10.1. The number of hydrazine groups is 1. The summed E-state index contributed by atoms with van der Waals surface area (Å²) in [4.78, 5) is 11.0. The normalized spacial score (nSPS) is 19.9. The van der Waals surface area contributed by atoms with Gasteiger partial charge in [-0.25, -0.2) is 4.79 Å². The van der Waals surface area contributed by atoms with Crippen LogP contribution in [-0.2, 0) is 4.79 Å². The molecule has 6 N–H and O–H groups in total. The minimum atomic E-state index is -1.14. The fourth-order valence-electron chi connectivity index (χ4n) is 2.32. The van der Waals surface area contributed by atoms with Gasteiger partial charge in [0.25, 0.3) is 0 Å². The molecule has 0 aromatic carbocycles. The molecule has 18 heavy (non-hydrogen) atoms. The lowest BCUT2D eigenvalue weighted by molar-refractivity contribution is -0.133. The first kappa shape index (κ1) is 12.4. The highest BCUT2D eigenvalue weighted by Gasteiger charge is 2.19. The monoisotopic (exact) mass is 247 g/mol. The van der Waals surface area contributed by atoms with Gasteiger partial charge in [-0.05, 0) is 42.4 Å². The number of carboxylic acids is 1. The fraction of sp³-hybridized carbons (Fsp3) is 0.308. The SMILES string of the molecule is NN/C(C(=O)O)=C(\N)C1=CC2=C(C=CCC2)CC1. The van der Waals surface area contributed by atoms with Gasteiger partial charge in [-0.3, -0.25) is 5.84 Å². The Hall–Kier alpha value is -2.01. The molecule has 0 spiro atoms. The lowest BCUT2D eigenvalue weighted by Crippen LogP contribution is -2.30. The second-order valence-corrected chi connectivity index (χ2v) is 4.40. The maximum absolute atomic E-state index is 11.0. The predicted molar refractivity (Wildman–Crippen MR) is 68.9 cm³/mol. The second kappa shape index (κ2) is 5.10. The third-order valence-corrected chi connectivity index (χ3v) is 3.30. The fourth-order valence-corrected chi connectivity index (χ4v) is 2.32. The molecule has 0 radical (unpaired) electrons. The van der Waals surface area contributed by atoms with Crippen molar-refractivity contribution in [2.24, 2.45) is 11.6 Å². The molecule has 0 aliphatic heterocycles. The summed E-state index contributed by atoms with van der Waals surface area (Å²) in [5.74, 6) is 4.05. The summed E-state index contributed by atoms with van der Waals surface area (Å²) in [6.45, 7) is 0. The summed E-state index contributed by atoms with van der Waals surface area (Å²) >= 11 is 0. The highest BCUT2D eigenvalue weighted by molar-refractivity contribution is 5.87. The largest absolute Gasteiger partial charge is 0.476 e. The van der Waals surface area contributed by atoms with Crippen LogP contribution in [-0.4, -0.2) is 11.1 Å². The van der Waals surface area contributed by atoms with Crippen molar-refractivity contribution < 1.29 is 9.90 Å². The minimum Gasteiger partial charge on any atom is -0.476 e. The van der Waals surface area contributed by atoms with E-state index < -0.39 is 5.97 Å². The molecule has 0 heterocycles. The topological polar surface area (TPSA) is 101 Å². The molecule has 0 unspecified atom stereocenters. The van der Waals surface area contributed by atoms with Crippen molar-refractivity contribution in [1.29, 1.82) is 0 Å². The van der Waals surface area contributed by atoms with Gasteiger partial charge in [0.05, 0.1) is 5.70 Å². The van der Waals surface area contributed by atoms with Crippen LogP contribution in [0.5, 0.6) is 0 Å². The van der Waals surface area contributed by atoms with Crippen LogP contribution in [0, 0.1) is 0 Å². The third-order valence-electron chi connectivity index (χ3n) is 3.30. The van der Waals surface area contributed by atoms with Gasteiger partial charge in [-0.15, -0.1) is 0 Å². The van der Waals surface area contributed by atoms with Gasteiger partial charge in [0.15, 0.2) is 5.70 Å². The van der Waals surface area contributed by atoms with Crippen LogP contribution < -0.4 is 17.0 Å². The van der Waals surface area contributed by atoms with E-state index in [-0.39, 0.29) is 11.4 Å². The summed E-state index contributed by atoms with van der Waals surface area (Å²) in [7, 11) is 0. The summed E-state index contributed by atoms with van der Waals surface area (Å²) in [5, 5.41) is 8.98. The van der Waals surface area contributed by atoms with Crippen molar-refractivity contribution in [3.8, 4) is 0 Å². The van der Waals surface area contributed by atoms with Gasteiger partial charge in [-0.1, -0.05) is 18.2 Å². The van der Waals surface area contributed by atoms with E-state index in [1.807, 2.05) is 6.08 Å². The van der Waals surface area contributed by atoms with Crippen LogP contribution in [0.15, 0.2) is 46.3 Å². The average Bonchev–Trinajstić information content (AvgIpc) is 2.38. The molecule has 0 aromatic heterocycles. The Morgan fingerprint density at radius 1 is 1.28 bits per heavy atom. The van der Waals surface area contributed by atoms with E-state index in [1.54, 1.807) is 0 Å². The van der Waals surface area contributed by atoms with Crippen molar-refractivity contribution >= 4 is 5.97 Å². The lowest BCUT2D eigenvalue weighted by Gasteiger charge is -2.21. The van der Waals surface area contributed by atoms with E-state index >= 15 is 0 Å². The summed E-state index contributed by atoms with van der Waals surface area (Å²) in [6, 6.07) is 0. The van der Waals surface area contributed by atoms with Gasteiger partial charge in [0.1, 0.15) is 0 Å². The molecule has 2 aliphatic rings. The lowest BCUT2D eigenvalue weighted by atomic mass is 9.85. The molecule has 5 heteroatoms. The molecule has 5 nitrogen and oxygen atoms in total. The van der Waals surface area contributed by atoms with E-state index in [4.69, 9.17) is 16.7 Å². The Bertz CT molecular complexity index is 498. The van der Waals surface area contributed by atoms with Crippen LogP contribution >= 0.6 is 0 Å². The molecule has 2 rings (SSSR count). The van der Waals surface area contributed by atoms with Gasteiger partial charge in [-0.2, -0.15) is 0 Å². The predicted octanol–water partition coefficient (Wildman–Crippen LogP) is 1.07. The first-order valence-electron chi connectivity index (χ1n) is 5.92. The number of carboxylic acid groups (broad SMARTS) is 1. The molecule has 0 atom stereocenters. The Kier molecular flexibility index (Phi) is 3.53. The van der Waals surface area contributed by atoms with Crippen molar-refractivity contribution in [2.45, 2.75) is 25.7 Å². The number of hydrogen-bond donors (Lipinski definition) is 4. The number of hydrogen-bond acceptors (Lipinski definition) is 4. The van der Waals surface area contributed by atoms with E-state index in [0.717, 1.165) is 31.3 Å². The Labute approximate surface area is 106 Å². The number of carbonyl (C=O) groups is 1. The van der Waals surface area contributed by atoms with Crippen molar-refractivity contribution in [3.05, 3.63) is 46.3 Å². The highest BCUT2D eigenvalue weighted by atomic mass is 16.4. The van der Waals surface area contributed by atoms with Crippen molar-refractivity contribution in [1.82, 2.24) is 5.43 Å². The van der Waals surface area contributed by atoms with Crippen molar-refractivity contribution in [3.63, 3.8) is 0 Å². The summed E-state index contributed by atoms with van der Waals surface area (Å²) in [5.41, 5.74) is 11.5. The number of allylic oxidation sites excluding steroid dienone is 6. The Balaban J connectivity index is 2.35. The standard InChI is InChI=1S/C13H17N3O2/c14-11(12(16-15)13(17)18)10-6-5-8-3-1-2-4-9(8)7-10/h1,3,7,16H,2,4-6,14-15H2,(H,17,18)/b12-11-. The third kappa shape index (κ3) is 2.31. The minimum absolute atomic E-state index is 0.142. The van der Waals surface area contributed by atoms with Crippen LogP contribution in [0.4, 0.5) is 0 Å². The van der Waals surface area contributed by atoms with Crippen molar-refractivity contribution in [2.75, 3.05) is 0 Å². The average molecular weight is 247 g/mol. The van der Waals surface area contributed by atoms with Gasteiger partial charge in [0, 0.05) is 0 Å². The second-order valence-electron chi connectivity index (χ2n) is 4.40. The van der Waals surface area contributed by atoms with E-state index in [0.29, 0.717) is 0 Å². The first-order valence-corrected chi connectivity index (χ1v) is 5.92. The Morgan fingerprint density at radius 3 is 2.72 bits per heavy atom. The maximum atomic E-state index is 11.0. The van der Waals surface area contributed by atoms with E-state index in [9.17, 15) is 4.79 Å². The van der Waals surface area contributed by atoms with Gasteiger partial charge >= 0.3 is 5.97 Å². The maximum Gasteiger partial charge on any atom is 0.355 e. The van der Waals surface area contributed by atoms with Crippen LogP contribution in [0.3, 0.4) is 0 Å². The van der Waals surface area contributed by atoms with E-state index in [1.165, 1.54) is 11.1 Å². The number of rotatable bonds is 3. The summed E-state index contributed by atoms with van der Waals surface area (Å²) in [6.07, 6.45) is 9.96. The number of aliphatic carboxylic acids is 1. The molecule has 0 fully saturated rings.